The number of halogens is 2. The number of benzene rings is 2. The molecule has 2 N–H and O–H groups in total. The standard InChI is InChI=1S/C25H24ClFN2O4/c26-16-3-1-15(2-4-16)11-19(30)7-10-24(31)28-18-6-9-23-21(13-18)20-12-17(27)5-8-22(20)29(23)14-25(32)33/h1-5,8,12,18H,6-7,9-11,13-14H2,(H,28,31)(H,32,33)/t18-/m0/s1. The third-order valence-corrected chi connectivity index (χ3v) is 6.28. The Kier molecular flexibility index (Phi) is 6.79. The number of carboxylic acid groups (broad SMARTS) is 1. The maximum atomic E-state index is 13.9. The van der Waals surface area contributed by atoms with Crippen LogP contribution < -0.4 is 5.32 Å². The van der Waals surface area contributed by atoms with Crippen LogP contribution in [0.4, 0.5) is 4.39 Å². The van der Waals surface area contributed by atoms with Gasteiger partial charge in [0.2, 0.25) is 5.91 Å². The Hall–Kier alpha value is -3.19. The average molecular weight is 471 g/mol. The molecule has 0 radical (unpaired) electrons. The number of Topliss-reactive ketones (excluding diaryl/α,β-unsaturated/α-hetero) is 1. The first-order valence-electron chi connectivity index (χ1n) is 10.9. The van der Waals surface area contributed by atoms with E-state index in [9.17, 15) is 23.9 Å². The minimum atomic E-state index is -0.960. The van der Waals surface area contributed by atoms with Gasteiger partial charge in [-0.1, -0.05) is 23.7 Å². The molecule has 2 aromatic carbocycles. The van der Waals surface area contributed by atoms with Gasteiger partial charge in [0.15, 0.2) is 0 Å². The van der Waals surface area contributed by atoms with Gasteiger partial charge in [-0.3, -0.25) is 14.4 Å². The van der Waals surface area contributed by atoms with Crippen LogP contribution in [0.15, 0.2) is 42.5 Å². The average Bonchev–Trinajstić information content (AvgIpc) is 3.06. The lowest BCUT2D eigenvalue weighted by atomic mass is 9.91. The van der Waals surface area contributed by atoms with Crippen LogP contribution >= 0.6 is 11.6 Å². The highest BCUT2D eigenvalue weighted by molar-refractivity contribution is 6.30. The third-order valence-electron chi connectivity index (χ3n) is 6.03. The number of carbonyl (C=O) groups is 3. The molecule has 0 spiro atoms. The number of rotatable bonds is 8. The quantitative estimate of drug-likeness (QED) is 0.519. The van der Waals surface area contributed by atoms with Crippen molar-refractivity contribution in [1.29, 1.82) is 0 Å². The van der Waals surface area contributed by atoms with Crippen molar-refractivity contribution in [3.63, 3.8) is 0 Å². The van der Waals surface area contributed by atoms with E-state index < -0.39 is 5.97 Å². The molecule has 0 aliphatic heterocycles. The van der Waals surface area contributed by atoms with E-state index in [1.54, 1.807) is 34.9 Å². The molecule has 0 bridgehead atoms. The van der Waals surface area contributed by atoms with Gasteiger partial charge < -0.3 is 15.0 Å². The summed E-state index contributed by atoms with van der Waals surface area (Å²) in [6, 6.07) is 11.3. The molecule has 1 heterocycles. The van der Waals surface area contributed by atoms with E-state index >= 15 is 0 Å². The number of carboxylic acids is 1. The van der Waals surface area contributed by atoms with Gasteiger partial charge in [0.05, 0.1) is 0 Å². The van der Waals surface area contributed by atoms with Crippen LogP contribution in [-0.2, 0) is 40.2 Å². The maximum Gasteiger partial charge on any atom is 0.323 e. The lowest BCUT2D eigenvalue weighted by Crippen LogP contribution is -2.39. The fraction of sp³-hybridized carbons (Fsp3) is 0.320. The second-order valence-corrected chi connectivity index (χ2v) is 8.85. The Bertz CT molecular complexity index is 1220. The van der Waals surface area contributed by atoms with Crippen molar-refractivity contribution < 1.29 is 23.9 Å². The molecule has 3 aromatic rings. The molecule has 1 aromatic heterocycles. The summed E-state index contributed by atoms with van der Waals surface area (Å²) < 4.78 is 15.6. The first-order chi connectivity index (χ1) is 15.8. The first kappa shape index (κ1) is 23.0. The summed E-state index contributed by atoms with van der Waals surface area (Å²) in [5.41, 5.74) is 3.29. The fourth-order valence-electron chi connectivity index (χ4n) is 4.53. The van der Waals surface area contributed by atoms with Crippen LogP contribution in [0, 0.1) is 5.82 Å². The summed E-state index contributed by atoms with van der Waals surface area (Å²) in [5, 5.41) is 13.6. The number of carbonyl (C=O) groups excluding carboxylic acids is 2. The second-order valence-electron chi connectivity index (χ2n) is 8.42. The Morgan fingerprint density at radius 3 is 2.61 bits per heavy atom. The van der Waals surface area contributed by atoms with Crippen LogP contribution in [0.5, 0.6) is 0 Å². The molecule has 33 heavy (non-hydrogen) atoms. The number of aliphatic carboxylic acids is 1. The number of fused-ring (bicyclic) bond motifs is 3. The second kappa shape index (κ2) is 9.75. The van der Waals surface area contributed by atoms with Crippen molar-refractivity contribution in [2.24, 2.45) is 0 Å². The highest BCUT2D eigenvalue weighted by Crippen LogP contribution is 2.33. The van der Waals surface area contributed by atoms with Crippen molar-refractivity contribution >= 4 is 40.2 Å². The zero-order valence-electron chi connectivity index (χ0n) is 17.9. The number of ketones is 1. The molecule has 0 fully saturated rings. The minimum absolute atomic E-state index is 0.0226. The number of nitrogens with zero attached hydrogens (tertiary/aromatic N) is 1. The summed E-state index contributed by atoms with van der Waals surface area (Å²) in [6.07, 6.45) is 2.23. The van der Waals surface area contributed by atoms with Gasteiger partial charge in [0.25, 0.3) is 0 Å². The Morgan fingerprint density at radius 1 is 1.12 bits per heavy atom. The van der Waals surface area contributed by atoms with Crippen molar-refractivity contribution in [2.75, 3.05) is 0 Å². The van der Waals surface area contributed by atoms with E-state index in [1.165, 1.54) is 12.1 Å². The zero-order valence-corrected chi connectivity index (χ0v) is 18.7. The number of aromatic nitrogens is 1. The third kappa shape index (κ3) is 5.42. The van der Waals surface area contributed by atoms with Crippen LogP contribution in [0.1, 0.15) is 36.1 Å². The number of amides is 1. The molecule has 0 unspecified atom stereocenters. The summed E-state index contributed by atoms with van der Waals surface area (Å²) in [7, 11) is 0. The molecule has 1 aliphatic carbocycles. The lowest BCUT2D eigenvalue weighted by molar-refractivity contribution is -0.137. The van der Waals surface area contributed by atoms with Gasteiger partial charge >= 0.3 is 5.97 Å². The van der Waals surface area contributed by atoms with Crippen LogP contribution in [0.25, 0.3) is 10.9 Å². The maximum absolute atomic E-state index is 13.9. The van der Waals surface area contributed by atoms with Crippen LogP contribution in [0.3, 0.4) is 0 Å². The largest absolute Gasteiger partial charge is 0.480 e. The smallest absolute Gasteiger partial charge is 0.323 e. The Morgan fingerprint density at radius 2 is 1.88 bits per heavy atom. The summed E-state index contributed by atoms with van der Waals surface area (Å²) in [5.74, 6) is -1.57. The normalized spacial score (nSPS) is 15.3. The van der Waals surface area contributed by atoms with E-state index in [0.29, 0.717) is 35.2 Å². The minimum Gasteiger partial charge on any atom is -0.480 e. The monoisotopic (exact) mass is 470 g/mol. The van der Waals surface area contributed by atoms with Crippen LogP contribution in [0.2, 0.25) is 5.02 Å². The van der Waals surface area contributed by atoms with Crippen molar-refractivity contribution in [1.82, 2.24) is 9.88 Å². The Labute approximate surface area is 195 Å². The molecule has 4 rings (SSSR count). The lowest BCUT2D eigenvalue weighted by Gasteiger charge is -2.25. The Balaban J connectivity index is 1.38. The molecular weight excluding hydrogens is 447 g/mol. The zero-order chi connectivity index (χ0) is 23.5. The molecule has 8 heteroatoms. The molecule has 172 valence electrons. The van der Waals surface area contributed by atoms with Gasteiger partial charge in [-0.15, -0.1) is 0 Å². The van der Waals surface area contributed by atoms with Gasteiger partial charge in [-0.05, 0) is 60.7 Å². The van der Waals surface area contributed by atoms with E-state index in [1.807, 2.05) is 0 Å². The van der Waals surface area contributed by atoms with Crippen molar-refractivity contribution in [2.45, 2.75) is 51.1 Å². The molecular formula is C25H24ClFN2O4. The van der Waals surface area contributed by atoms with Crippen molar-refractivity contribution in [3.8, 4) is 0 Å². The SMILES string of the molecule is O=C(O)Cn1c2c(c3cc(F)ccc31)C[C@@H](NC(=O)CCC(=O)Cc1ccc(Cl)cc1)CC2. The van der Waals surface area contributed by atoms with Gasteiger partial charge in [0, 0.05) is 46.9 Å². The molecule has 6 nitrogen and oxygen atoms in total. The molecule has 1 amide bonds. The van der Waals surface area contributed by atoms with E-state index in [-0.39, 0.29) is 49.4 Å². The number of hydrogen-bond donors (Lipinski definition) is 2. The highest BCUT2D eigenvalue weighted by Gasteiger charge is 2.27. The molecule has 1 aliphatic rings. The van der Waals surface area contributed by atoms with Crippen LogP contribution in [-0.4, -0.2) is 33.4 Å². The molecule has 1 atom stereocenters. The predicted molar refractivity (Wildman–Crippen MR) is 123 cm³/mol. The van der Waals surface area contributed by atoms with E-state index in [2.05, 4.69) is 5.32 Å². The number of nitrogens with one attached hydrogen (secondary N) is 1. The topological polar surface area (TPSA) is 88.4 Å². The van der Waals surface area contributed by atoms with Crippen molar-refractivity contribution in [3.05, 3.63) is 70.1 Å². The predicted octanol–water partition coefficient (Wildman–Crippen LogP) is 4.08. The molecule has 0 saturated carbocycles. The van der Waals surface area contributed by atoms with E-state index in [4.69, 9.17) is 11.6 Å². The fourth-order valence-corrected chi connectivity index (χ4v) is 4.66. The summed E-state index contributed by atoms with van der Waals surface area (Å²) in [6.45, 7) is -0.190. The summed E-state index contributed by atoms with van der Waals surface area (Å²) >= 11 is 5.85. The highest BCUT2D eigenvalue weighted by atomic mass is 35.5. The van der Waals surface area contributed by atoms with Gasteiger partial charge in [-0.2, -0.15) is 0 Å². The van der Waals surface area contributed by atoms with Gasteiger partial charge in [-0.25, -0.2) is 4.39 Å². The van der Waals surface area contributed by atoms with Gasteiger partial charge in [0.1, 0.15) is 18.1 Å². The number of hydrogen-bond acceptors (Lipinski definition) is 3. The summed E-state index contributed by atoms with van der Waals surface area (Å²) in [4.78, 5) is 36.0. The van der Waals surface area contributed by atoms with E-state index in [0.717, 1.165) is 16.8 Å². The first-order valence-corrected chi connectivity index (χ1v) is 11.2. The molecule has 0 saturated heterocycles.